The summed E-state index contributed by atoms with van der Waals surface area (Å²) in [4.78, 5) is 29.3. The number of hydrogen-bond acceptors (Lipinski definition) is 5. The molecule has 3 rings (SSSR count). The van der Waals surface area contributed by atoms with Crippen molar-refractivity contribution in [1.29, 1.82) is 0 Å². The molecule has 2 aromatic heterocycles. The summed E-state index contributed by atoms with van der Waals surface area (Å²) in [6.45, 7) is 2.93. The Kier molecular flexibility index (Phi) is 4.53. The third-order valence-electron chi connectivity index (χ3n) is 4.49. The number of nitrogens with one attached hydrogen (secondary N) is 1. The van der Waals surface area contributed by atoms with Crippen molar-refractivity contribution < 1.29 is 14.4 Å². The SMILES string of the molecule is Cc1ccc(C2(O)CCN(C(=O)CCc3cc(=O)[nH]o3)CC2)nc1. The van der Waals surface area contributed by atoms with Crippen LogP contribution in [0.15, 0.2) is 33.7 Å². The molecule has 2 aromatic rings. The van der Waals surface area contributed by atoms with Crippen LogP contribution in [0.5, 0.6) is 0 Å². The van der Waals surface area contributed by atoms with Gasteiger partial charge in [0.1, 0.15) is 11.4 Å². The highest BCUT2D eigenvalue weighted by Crippen LogP contribution is 2.31. The minimum Gasteiger partial charge on any atom is -0.384 e. The second-order valence-electron chi connectivity index (χ2n) is 6.31. The Morgan fingerprint density at radius 1 is 1.42 bits per heavy atom. The predicted molar refractivity (Wildman–Crippen MR) is 86.3 cm³/mol. The van der Waals surface area contributed by atoms with Gasteiger partial charge >= 0.3 is 0 Å². The van der Waals surface area contributed by atoms with Gasteiger partial charge in [0.05, 0.1) is 5.69 Å². The molecule has 7 nitrogen and oxygen atoms in total. The van der Waals surface area contributed by atoms with Crippen LogP contribution in [0, 0.1) is 6.92 Å². The smallest absolute Gasteiger partial charge is 0.280 e. The van der Waals surface area contributed by atoms with Gasteiger partial charge in [0.15, 0.2) is 0 Å². The number of hydrogen-bond donors (Lipinski definition) is 2. The van der Waals surface area contributed by atoms with Gasteiger partial charge in [-0.25, -0.2) is 0 Å². The first-order chi connectivity index (χ1) is 11.5. The molecule has 0 atom stereocenters. The van der Waals surface area contributed by atoms with E-state index < -0.39 is 5.60 Å². The van der Waals surface area contributed by atoms with E-state index in [9.17, 15) is 14.7 Å². The molecule has 1 saturated heterocycles. The second-order valence-corrected chi connectivity index (χ2v) is 6.31. The van der Waals surface area contributed by atoms with Crippen LogP contribution >= 0.6 is 0 Å². The van der Waals surface area contributed by atoms with E-state index in [0.29, 0.717) is 43.8 Å². The van der Waals surface area contributed by atoms with E-state index in [2.05, 4.69) is 10.1 Å². The Bertz CT molecular complexity index is 755. The summed E-state index contributed by atoms with van der Waals surface area (Å²) in [5.41, 5.74) is 0.435. The topological polar surface area (TPSA) is 99.4 Å². The Balaban J connectivity index is 1.55. The number of aromatic amines is 1. The highest BCUT2D eigenvalue weighted by atomic mass is 16.5. The minimum absolute atomic E-state index is 0.00207. The number of carbonyl (C=O) groups is 1. The van der Waals surface area contributed by atoms with Gasteiger partial charge in [-0.05, 0) is 31.4 Å². The second kappa shape index (κ2) is 6.60. The van der Waals surface area contributed by atoms with Crippen LogP contribution in [0.1, 0.15) is 36.3 Å². The van der Waals surface area contributed by atoms with Gasteiger partial charge in [-0.3, -0.25) is 14.6 Å². The number of piperidine rings is 1. The molecule has 0 spiro atoms. The molecule has 0 aromatic carbocycles. The minimum atomic E-state index is -0.974. The zero-order valence-corrected chi connectivity index (χ0v) is 13.6. The maximum atomic E-state index is 12.3. The summed E-state index contributed by atoms with van der Waals surface area (Å²) in [7, 11) is 0. The van der Waals surface area contributed by atoms with Crippen LogP contribution in [0.3, 0.4) is 0 Å². The molecule has 0 saturated carbocycles. The monoisotopic (exact) mass is 331 g/mol. The predicted octanol–water partition coefficient (Wildman–Crippen LogP) is 1.11. The molecule has 0 bridgehead atoms. The highest BCUT2D eigenvalue weighted by Gasteiger charge is 2.36. The summed E-state index contributed by atoms with van der Waals surface area (Å²) < 4.78 is 4.95. The van der Waals surface area contributed by atoms with Crippen molar-refractivity contribution in [3.8, 4) is 0 Å². The number of carbonyl (C=O) groups excluding carboxylic acids is 1. The molecule has 3 heterocycles. The van der Waals surface area contributed by atoms with Crippen molar-refractivity contribution in [3.05, 3.63) is 51.8 Å². The Morgan fingerprint density at radius 3 is 2.75 bits per heavy atom. The third-order valence-corrected chi connectivity index (χ3v) is 4.49. The lowest BCUT2D eigenvalue weighted by Gasteiger charge is -2.37. The number of amides is 1. The molecule has 7 heteroatoms. The van der Waals surface area contributed by atoms with Crippen LogP contribution in [0.4, 0.5) is 0 Å². The van der Waals surface area contributed by atoms with Crippen LogP contribution in [0.25, 0.3) is 0 Å². The Labute approximate surface area is 139 Å². The van der Waals surface area contributed by atoms with E-state index in [1.54, 1.807) is 11.1 Å². The number of nitrogens with zero attached hydrogens (tertiary/aromatic N) is 2. The lowest BCUT2D eigenvalue weighted by atomic mass is 9.87. The summed E-state index contributed by atoms with van der Waals surface area (Å²) in [6, 6.07) is 5.13. The van der Waals surface area contributed by atoms with Gasteiger partial charge < -0.3 is 14.5 Å². The quantitative estimate of drug-likeness (QED) is 0.874. The molecule has 24 heavy (non-hydrogen) atoms. The van der Waals surface area contributed by atoms with E-state index in [1.807, 2.05) is 19.1 Å². The summed E-state index contributed by atoms with van der Waals surface area (Å²) in [6.07, 6.45) is 3.34. The average Bonchev–Trinajstić information content (AvgIpc) is 2.99. The Morgan fingerprint density at radius 2 is 2.17 bits per heavy atom. The van der Waals surface area contributed by atoms with Crippen molar-refractivity contribution in [3.63, 3.8) is 0 Å². The molecular formula is C17H21N3O4. The lowest BCUT2D eigenvalue weighted by molar-refractivity contribution is -0.135. The van der Waals surface area contributed by atoms with Crippen LogP contribution in [-0.4, -0.2) is 39.1 Å². The van der Waals surface area contributed by atoms with Crippen LogP contribution in [-0.2, 0) is 16.8 Å². The van der Waals surface area contributed by atoms with E-state index in [1.165, 1.54) is 6.07 Å². The van der Waals surface area contributed by atoms with Gasteiger partial charge in [-0.2, -0.15) is 5.16 Å². The van der Waals surface area contributed by atoms with Gasteiger partial charge in [0.25, 0.3) is 5.56 Å². The van der Waals surface area contributed by atoms with E-state index in [4.69, 9.17) is 4.52 Å². The normalized spacial score (nSPS) is 17.0. The van der Waals surface area contributed by atoms with Crippen molar-refractivity contribution >= 4 is 5.91 Å². The number of aryl methyl sites for hydroxylation is 2. The van der Waals surface area contributed by atoms with Gasteiger partial charge in [0, 0.05) is 38.2 Å². The standard InChI is InChI=1S/C17H21N3O4/c1-12-2-4-14(18-11-12)17(23)6-8-20(9-7-17)16(22)5-3-13-10-15(21)19-24-13/h2,4,10-11,23H,3,5-9H2,1H3,(H,19,21). The summed E-state index contributed by atoms with van der Waals surface area (Å²) >= 11 is 0. The number of aromatic nitrogens is 2. The van der Waals surface area contributed by atoms with Crippen LogP contribution in [0.2, 0.25) is 0 Å². The molecule has 0 radical (unpaired) electrons. The number of H-pyrrole nitrogens is 1. The van der Waals surface area contributed by atoms with Crippen LogP contribution < -0.4 is 5.56 Å². The number of rotatable bonds is 4. The third kappa shape index (κ3) is 3.56. The zero-order chi connectivity index (χ0) is 17.2. The van der Waals surface area contributed by atoms with Gasteiger partial charge in [-0.1, -0.05) is 6.07 Å². The maximum Gasteiger partial charge on any atom is 0.280 e. The Hall–Kier alpha value is -2.41. The zero-order valence-electron chi connectivity index (χ0n) is 13.6. The summed E-state index contributed by atoms with van der Waals surface area (Å²) in [5, 5.41) is 13.0. The van der Waals surface area contributed by atoms with Crippen molar-refractivity contribution in [1.82, 2.24) is 15.0 Å². The fourth-order valence-electron chi connectivity index (χ4n) is 2.96. The largest absolute Gasteiger partial charge is 0.384 e. The molecule has 0 aliphatic carbocycles. The highest BCUT2D eigenvalue weighted by molar-refractivity contribution is 5.76. The molecular weight excluding hydrogens is 310 g/mol. The number of pyridine rings is 1. The van der Waals surface area contributed by atoms with E-state index >= 15 is 0 Å². The molecule has 1 amide bonds. The molecule has 1 fully saturated rings. The van der Waals surface area contributed by atoms with Crippen molar-refractivity contribution in [2.75, 3.05) is 13.1 Å². The number of aliphatic hydroxyl groups is 1. The van der Waals surface area contributed by atoms with Crippen molar-refractivity contribution in [2.45, 2.75) is 38.2 Å². The number of likely N-dealkylation sites (tertiary alicyclic amines) is 1. The first-order valence-electron chi connectivity index (χ1n) is 8.07. The molecule has 1 aliphatic heterocycles. The van der Waals surface area contributed by atoms with Gasteiger partial charge in [-0.15, -0.1) is 0 Å². The fraction of sp³-hybridized carbons (Fsp3) is 0.471. The van der Waals surface area contributed by atoms with Crippen molar-refractivity contribution in [2.24, 2.45) is 0 Å². The first-order valence-corrected chi connectivity index (χ1v) is 8.07. The van der Waals surface area contributed by atoms with E-state index in [-0.39, 0.29) is 17.9 Å². The lowest BCUT2D eigenvalue weighted by Crippen LogP contribution is -2.45. The molecule has 1 aliphatic rings. The summed E-state index contributed by atoms with van der Waals surface area (Å²) in [5.74, 6) is 0.475. The first kappa shape index (κ1) is 16.4. The molecule has 0 unspecified atom stereocenters. The maximum absolute atomic E-state index is 12.3. The molecule has 128 valence electrons. The fourth-order valence-corrected chi connectivity index (χ4v) is 2.96. The average molecular weight is 331 g/mol. The molecule has 2 N–H and O–H groups in total. The van der Waals surface area contributed by atoms with E-state index in [0.717, 1.165) is 5.56 Å². The van der Waals surface area contributed by atoms with Gasteiger partial charge in [0.2, 0.25) is 5.91 Å².